The largest absolute Gasteiger partial charge is 1.00 e. The van der Waals surface area contributed by atoms with Crippen molar-refractivity contribution in [1.82, 2.24) is 0 Å². The maximum absolute atomic E-state index is 4.00. The minimum absolute atomic E-state index is 0. The molecule has 2 aliphatic carbocycles. The first-order chi connectivity index (χ1) is 10.1. The summed E-state index contributed by atoms with van der Waals surface area (Å²) in [6, 6.07) is 0. The molecule has 0 saturated heterocycles. The Bertz CT molecular complexity index is 391. The number of allylic oxidation sites excluding steroid dienone is 5. The summed E-state index contributed by atoms with van der Waals surface area (Å²) in [6.45, 7) is 23.6. The molecule has 0 spiro atoms. The van der Waals surface area contributed by atoms with Crippen LogP contribution in [0.25, 0.3) is 0 Å². The number of hydrogen-bond acceptors (Lipinski definition) is 2. The zero-order valence-electron chi connectivity index (χ0n) is 16.0. The summed E-state index contributed by atoms with van der Waals surface area (Å²) >= 11 is 7.33. The van der Waals surface area contributed by atoms with Gasteiger partial charge >= 0.3 is 0 Å². The van der Waals surface area contributed by atoms with Gasteiger partial charge in [0.15, 0.2) is 0 Å². The Kier molecular flexibility index (Phi) is 12.7. The van der Waals surface area contributed by atoms with Crippen molar-refractivity contribution >= 4 is 23.3 Å². The van der Waals surface area contributed by atoms with E-state index in [-0.39, 0.29) is 22.4 Å². The SMILES string of the molecule is C=C1C(C)=C(C)C(C)=C1C.C[C]1[C](C)[C](C)[C](C)[C]1C.[S-][S-].[Ta]. The van der Waals surface area contributed by atoms with Crippen molar-refractivity contribution in [2.75, 3.05) is 0 Å². The van der Waals surface area contributed by atoms with Crippen molar-refractivity contribution in [3.63, 3.8) is 0 Å². The minimum Gasteiger partial charge on any atom is -1.00 e. The van der Waals surface area contributed by atoms with Gasteiger partial charge in [-0.05, 0) is 85.2 Å². The summed E-state index contributed by atoms with van der Waals surface area (Å²) in [5.74, 6) is 7.34. The molecular formula is C20H29S2Ta-2. The zero-order valence-corrected chi connectivity index (χ0v) is 20.8. The topological polar surface area (TPSA) is 0 Å². The molecule has 0 heterocycles. The van der Waals surface area contributed by atoms with Gasteiger partial charge in [0.2, 0.25) is 0 Å². The average molecular weight is 515 g/mol. The summed E-state index contributed by atoms with van der Waals surface area (Å²) in [5.41, 5.74) is 6.74. The molecular weight excluding hydrogens is 485 g/mol. The van der Waals surface area contributed by atoms with Gasteiger partial charge in [-0.15, -0.1) is 0 Å². The standard InChI is InChI=1S/C10H15.C10H14.S2.Ta/c2*1-6-7(2)9(4)10(5)8(6)3;1-2;/h1-5H3;1H2,2-5H3;;/q;;-2;. The number of hydrogen-bond donors (Lipinski definition) is 0. The molecule has 1 saturated carbocycles. The van der Waals surface area contributed by atoms with Gasteiger partial charge in [-0.2, -0.15) is 0 Å². The van der Waals surface area contributed by atoms with Crippen molar-refractivity contribution in [1.29, 1.82) is 0 Å². The average Bonchev–Trinajstić information content (AvgIpc) is 2.81. The third kappa shape index (κ3) is 5.85. The Balaban J connectivity index is 0. The van der Waals surface area contributed by atoms with Gasteiger partial charge in [0.1, 0.15) is 0 Å². The molecule has 0 aliphatic heterocycles. The molecule has 128 valence electrons. The van der Waals surface area contributed by atoms with Gasteiger partial charge in [-0.3, -0.25) is 0 Å². The zero-order chi connectivity index (χ0) is 17.8. The van der Waals surface area contributed by atoms with Crippen molar-refractivity contribution in [2.24, 2.45) is 0 Å². The molecule has 0 atom stereocenters. The van der Waals surface area contributed by atoms with E-state index in [0.29, 0.717) is 0 Å². The van der Waals surface area contributed by atoms with E-state index in [4.69, 9.17) is 0 Å². The smallest absolute Gasteiger partial charge is 0 e. The predicted octanol–water partition coefficient (Wildman–Crippen LogP) is 6.19. The van der Waals surface area contributed by atoms with E-state index >= 15 is 0 Å². The van der Waals surface area contributed by atoms with Crippen molar-refractivity contribution in [3.8, 4) is 0 Å². The Hall–Kier alpha value is 0.660. The molecule has 0 unspecified atom stereocenters. The van der Waals surface area contributed by atoms with Gasteiger partial charge in [0.05, 0.1) is 0 Å². The van der Waals surface area contributed by atoms with Gasteiger partial charge in [-0.25, -0.2) is 0 Å². The van der Waals surface area contributed by atoms with Crippen LogP contribution in [0.2, 0.25) is 0 Å². The van der Waals surface area contributed by atoms with E-state index in [9.17, 15) is 0 Å². The van der Waals surface area contributed by atoms with Gasteiger partial charge in [-0.1, -0.05) is 41.2 Å². The van der Waals surface area contributed by atoms with E-state index in [1.807, 2.05) is 0 Å². The normalized spacial score (nSPS) is 21.1. The maximum atomic E-state index is 4.00. The molecule has 0 nitrogen and oxygen atoms in total. The second-order valence-electron chi connectivity index (χ2n) is 6.10. The summed E-state index contributed by atoms with van der Waals surface area (Å²) in [6.07, 6.45) is 0. The minimum atomic E-state index is 0. The Morgan fingerprint density at radius 1 is 0.478 bits per heavy atom. The quantitative estimate of drug-likeness (QED) is 0.279. The third-order valence-electron chi connectivity index (χ3n) is 5.41. The van der Waals surface area contributed by atoms with Crippen LogP contribution in [0.3, 0.4) is 0 Å². The molecule has 0 bridgehead atoms. The van der Waals surface area contributed by atoms with E-state index in [1.165, 1.54) is 57.5 Å². The van der Waals surface area contributed by atoms with Crippen LogP contribution < -0.4 is 0 Å². The van der Waals surface area contributed by atoms with E-state index < -0.39 is 0 Å². The second-order valence-corrected chi connectivity index (χ2v) is 6.10. The van der Waals surface area contributed by atoms with Gasteiger partial charge < -0.3 is 23.3 Å². The van der Waals surface area contributed by atoms with Crippen LogP contribution in [0, 0.1) is 29.6 Å². The molecule has 23 heavy (non-hydrogen) atoms. The van der Waals surface area contributed by atoms with Gasteiger partial charge in [0, 0.05) is 22.4 Å². The van der Waals surface area contributed by atoms with Crippen LogP contribution in [-0.4, -0.2) is 0 Å². The fourth-order valence-electron chi connectivity index (χ4n) is 2.70. The second kappa shape index (κ2) is 11.3. The first-order valence-corrected chi connectivity index (χ1v) is 8.85. The van der Waals surface area contributed by atoms with Crippen LogP contribution in [0.1, 0.15) is 62.3 Å². The fraction of sp³-hybridized carbons (Fsp3) is 0.450. The van der Waals surface area contributed by atoms with Crippen molar-refractivity contribution in [2.45, 2.75) is 62.3 Å². The first kappa shape index (κ1) is 25.9. The summed E-state index contributed by atoms with van der Waals surface area (Å²) in [5, 5.41) is 0. The fourth-order valence-corrected chi connectivity index (χ4v) is 2.70. The number of rotatable bonds is 0. The molecule has 0 aromatic rings. The summed E-state index contributed by atoms with van der Waals surface area (Å²) < 4.78 is 0. The molecule has 3 heteroatoms. The molecule has 0 amide bonds. The Morgan fingerprint density at radius 3 is 0.739 bits per heavy atom. The summed E-state index contributed by atoms with van der Waals surface area (Å²) in [4.78, 5) is 0. The van der Waals surface area contributed by atoms with Crippen LogP contribution in [0.15, 0.2) is 34.4 Å². The Labute approximate surface area is 171 Å². The molecule has 1 fully saturated rings. The summed E-state index contributed by atoms with van der Waals surface area (Å²) in [7, 11) is 0. The van der Waals surface area contributed by atoms with Gasteiger partial charge in [0.25, 0.3) is 0 Å². The van der Waals surface area contributed by atoms with E-state index in [1.54, 1.807) is 0 Å². The van der Waals surface area contributed by atoms with E-state index in [0.717, 1.165) is 0 Å². The molecule has 0 aromatic heterocycles. The van der Waals surface area contributed by atoms with Crippen LogP contribution in [0.4, 0.5) is 0 Å². The first-order valence-electron chi connectivity index (χ1n) is 7.52. The molecule has 2 rings (SSSR count). The molecule has 2 aliphatic rings. The van der Waals surface area contributed by atoms with Crippen LogP contribution in [-0.2, 0) is 45.7 Å². The van der Waals surface area contributed by atoms with Crippen molar-refractivity contribution < 1.29 is 22.4 Å². The van der Waals surface area contributed by atoms with Crippen molar-refractivity contribution in [3.05, 3.63) is 64.0 Å². The van der Waals surface area contributed by atoms with Crippen LogP contribution in [0.5, 0.6) is 0 Å². The van der Waals surface area contributed by atoms with E-state index in [2.05, 4.69) is 92.2 Å². The Morgan fingerprint density at radius 2 is 0.652 bits per heavy atom. The molecule has 0 aromatic carbocycles. The molecule has 0 N–H and O–H groups in total. The molecule has 6 radical (unpaired) electrons. The maximum Gasteiger partial charge on any atom is 0 e. The third-order valence-corrected chi connectivity index (χ3v) is 5.41. The monoisotopic (exact) mass is 514 g/mol. The predicted molar refractivity (Wildman–Crippen MR) is 105 cm³/mol. The van der Waals surface area contributed by atoms with Crippen LogP contribution >= 0.6 is 0 Å².